The topological polar surface area (TPSA) is 62.0 Å². The van der Waals surface area contributed by atoms with Gasteiger partial charge in [-0.15, -0.1) is 0 Å². The van der Waals surface area contributed by atoms with Gasteiger partial charge in [-0.1, -0.05) is 13.8 Å². The summed E-state index contributed by atoms with van der Waals surface area (Å²) in [6, 6.07) is 4.53. The van der Waals surface area contributed by atoms with Gasteiger partial charge in [0, 0.05) is 29.1 Å². The van der Waals surface area contributed by atoms with E-state index in [0.717, 1.165) is 22.7 Å². The fourth-order valence-electron chi connectivity index (χ4n) is 2.06. The molecule has 19 heavy (non-hydrogen) atoms. The summed E-state index contributed by atoms with van der Waals surface area (Å²) in [7, 11) is -3.24. The van der Waals surface area contributed by atoms with Crippen LogP contribution >= 0.6 is 0 Å². The fraction of sp³-hybridized carbons (Fsp3) is 0.385. The molecule has 4 nitrogen and oxygen atoms in total. The lowest BCUT2D eigenvalue weighted by Crippen LogP contribution is -2.35. The Morgan fingerprint density at radius 1 is 1.37 bits per heavy atom. The first kappa shape index (κ1) is 14.0. The van der Waals surface area contributed by atoms with E-state index in [-0.39, 0.29) is 12.4 Å². The first-order valence-electron chi connectivity index (χ1n) is 5.91. The van der Waals surface area contributed by atoms with Crippen LogP contribution in [0.1, 0.15) is 19.4 Å². The molecule has 6 heteroatoms. The molecule has 0 unspecified atom stereocenters. The zero-order valence-electron chi connectivity index (χ0n) is 11.1. The lowest BCUT2D eigenvalue weighted by atomic mass is 9.85. The summed E-state index contributed by atoms with van der Waals surface area (Å²) in [6.45, 7) is 4.09. The Labute approximate surface area is 112 Å². The quantitative estimate of drug-likeness (QED) is 0.903. The number of H-pyrrole nitrogens is 1. The molecule has 104 valence electrons. The summed E-state index contributed by atoms with van der Waals surface area (Å²) < 4.78 is 38.2. The van der Waals surface area contributed by atoms with E-state index in [4.69, 9.17) is 0 Å². The second-order valence-corrected chi connectivity index (χ2v) is 7.20. The Morgan fingerprint density at radius 3 is 2.68 bits per heavy atom. The minimum atomic E-state index is -3.24. The van der Waals surface area contributed by atoms with Crippen LogP contribution < -0.4 is 4.72 Å². The highest BCUT2D eigenvalue weighted by Gasteiger charge is 2.25. The SMILES string of the molecule is CC(C)(CNS(C)(=O)=O)c1c[nH]c2ccc(F)cc12. The van der Waals surface area contributed by atoms with Crippen LogP contribution in [-0.4, -0.2) is 26.2 Å². The number of aromatic nitrogens is 1. The second kappa shape index (κ2) is 4.61. The molecule has 2 rings (SSSR count). The molecular formula is C13H17FN2O2S. The first-order valence-corrected chi connectivity index (χ1v) is 7.80. The van der Waals surface area contributed by atoms with Gasteiger partial charge in [0.2, 0.25) is 10.0 Å². The van der Waals surface area contributed by atoms with E-state index >= 15 is 0 Å². The van der Waals surface area contributed by atoms with Crippen LogP contribution in [0.25, 0.3) is 10.9 Å². The lowest BCUT2D eigenvalue weighted by Gasteiger charge is -2.24. The van der Waals surface area contributed by atoms with Crippen molar-refractivity contribution >= 4 is 20.9 Å². The Hall–Kier alpha value is -1.40. The largest absolute Gasteiger partial charge is 0.361 e. The molecule has 0 aliphatic rings. The highest BCUT2D eigenvalue weighted by molar-refractivity contribution is 7.88. The molecule has 2 aromatic rings. The number of aromatic amines is 1. The second-order valence-electron chi connectivity index (χ2n) is 5.37. The standard InChI is InChI=1S/C13H17FN2O2S/c1-13(2,8-16-19(3,17)18)11-7-15-12-5-4-9(14)6-10(11)12/h4-7,15-16H,8H2,1-3H3. The number of benzene rings is 1. The molecule has 1 aromatic heterocycles. The van der Waals surface area contributed by atoms with Crippen molar-refractivity contribution in [2.24, 2.45) is 0 Å². The normalized spacial score (nSPS) is 13.1. The van der Waals surface area contributed by atoms with Gasteiger partial charge in [0.05, 0.1) is 6.26 Å². The molecule has 1 heterocycles. The number of hydrogen-bond donors (Lipinski definition) is 2. The van der Waals surface area contributed by atoms with Gasteiger partial charge in [-0.05, 0) is 23.8 Å². The molecule has 0 amide bonds. The molecule has 0 spiro atoms. The van der Waals surface area contributed by atoms with Crippen LogP contribution in [0.5, 0.6) is 0 Å². The minimum absolute atomic E-state index is 0.259. The molecule has 0 radical (unpaired) electrons. The Morgan fingerprint density at radius 2 is 2.05 bits per heavy atom. The summed E-state index contributed by atoms with van der Waals surface area (Å²) in [4.78, 5) is 3.07. The van der Waals surface area contributed by atoms with E-state index in [0.29, 0.717) is 0 Å². The highest BCUT2D eigenvalue weighted by Crippen LogP contribution is 2.30. The molecule has 0 atom stereocenters. The maximum Gasteiger partial charge on any atom is 0.208 e. The van der Waals surface area contributed by atoms with Crippen LogP contribution in [0, 0.1) is 5.82 Å². The van der Waals surface area contributed by atoms with E-state index in [1.54, 1.807) is 12.3 Å². The average molecular weight is 284 g/mol. The third-order valence-electron chi connectivity index (χ3n) is 3.15. The van der Waals surface area contributed by atoms with E-state index in [2.05, 4.69) is 9.71 Å². The van der Waals surface area contributed by atoms with E-state index in [9.17, 15) is 12.8 Å². The summed E-state index contributed by atoms with van der Waals surface area (Å²) in [5.74, 6) is -0.305. The van der Waals surface area contributed by atoms with Gasteiger partial charge in [-0.25, -0.2) is 17.5 Å². The van der Waals surface area contributed by atoms with Crippen LogP contribution in [0.2, 0.25) is 0 Å². The van der Waals surface area contributed by atoms with Gasteiger partial charge in [-0.3, -0.25) is 0 Å². The molecule has 0 aliphatic heterocycles. The molecule has 0 saturated heterocycles. The van der Waals surface area contributed by atoms with Crippen molar-refractivity contribution in [2.45, 2.75) is 19.3 Å². The number of halogens is 1. The van der Waals surface area contributed by atoms with Crippen molar-refractivity contribution in [1.82, 2.24) is 9.71 Å². The van der Waals surface area contributed by atoms with Gasteiger partial charge < -0.3 is 4.98 Å². The molecule has 1 aromatic carbocycles. The Bertz CT molecular complexity index is 705. The van der Waals surface area contributed by atoms with Gasteiger partial charge in [0.1, 0.15) is 5.82 Å². The highest BCUT2D eigenvalue weighted by atomic mass is 32.2. The molecule has 0 aliphatic carbocycles. The minimum Gasteiger partial charge on any atom is -0.361 e. The number of fused-ring (bicyclic) bond motifs is 1. The first-order chi connectivity index (χ1) is 8.69. The fourth-order valence-corrected chi connectivity index (χ4v) is 2.68. The third kappa shape index (κ3) is 3.13. The van der Waals surface area contributed by atoms with Gasteiger partial charge >= 0.3 is 0 Å². The molecule has 0 bridgehead atoms. The predicted molar refractivity (Wildman–Crippen MR) is 74.1 cm³/mol. The number of sulfonamides is 1. The smallest absolute Gasteiger partial charge is 0.208 e. The molecule has 0 fully saturated rings. The van der Waals surface area contributed by atoms with Crippen LogP contribution in [0.15, 0.2) is 24.4 Å². The van der Waals surface area contributed by atoms with E-state index in [1.165, 1.54) is 12.1 Å². The van der Waals surface area contributed by atoms with Gasteiger partial charge in [0.15, 0.2) is 0 Å². The van der Waals surface area contributed by atoms with Gasteiger partial charge in [-0.2, -0.15) is 0 Å². The van der Waals surface area contributed by atoms with Crippen LogP contribution in [0.3, 0.4) is 0 Å². The summed E-state index contributed by atoms with van der Waals surface area (Å²) in [6.07, 6.45) is 2.92. The molecule has 0 saturated carbocycles. The monoisotopic (exact) mass is 284 g/mol. The van der Waals surface area contributed by atoms with Gasteiger partial charge in [0.25, 0.3) is 0 Å². The summed E-state index contributed by atoms with van der Waals surface area (Å²) >= 11 is 0. The van der Waals surface area contributed by atoms with E-state index < -0.39 is 15.4 Å². The maximum atomic E-state index is 13.3. The molecule has 2 N–H and O–H groups in total. The zero-order chi connectivity index (χ0) is 14.3. The predicted octanol–water partition coefficient (Wildman–Crippen LogP) is 2.13. The Kier molecular flexibility index (Phi) is 3.40. The average Bonchev–Trinajstić information content (AvgIpc) is 2.69. The Balaban J connectivity index is 2.39. The van der Waals surface area contributed by atoms with Crippen LogP contribution in [-0.2, 0) is 15.4 Å². The van der Waals surface area contributed by atoms with Crippen molar-refractivity contribution < 1.29 is 12.8 Å². The zero-order valence-corrected chi connectivity index (χ0v) is 11.9. The van der Waals surface area contributed by atoms with Crippen molar-refractivity contribution in [3.8, 4) is 0 Å². The molecular weight excluding hydrogens is 267 g/mol. The van der Waals surface area contributed by atoms with Crippen molar-refractivity contribution in [3.05, 3.63) is 35.8 Å². The maximum absolute atomic E-state index is 13.3. The summed E-state index contributed by atoms with van der Waals surface area (Å²) in [5, 5.41) is 0.778. The number of hydrogen-bond acceptors (Lipinski definition) is 2. The number of nitrogens with one attached hydrogen (secondary N) is 2. The summed E-state index contributed by atoms with van der Waals surface area (Å²) in [5.41, 5.74) is 1.29. The van der Waals surface area contributed by atoms with Crippen LogP contribution in [0.4, 0.5) is 4.39 Å². The third-order valence-corrected chi connectivity index (χ3v) is 3.82. The number of rotatable bonds is 4. The van der Waals surface area contributed by atoms with E-state index in [1.807, 2.05) is 13.8 Å². The van der Waals surface area contributed by atoms with Crippen molar-refractivity contribution in [2.75, 3.05) is 12.8 Å². The van der Waals surface area contributed by atoms with Crippen molar-refractivity contribution in [1.29, 1.82) is 0 Å². The lowest BCUT2D eigenvalue weighted by molar-refractivity contribution is 0.506. The van der Waals surface area contributed by atoms with Crippen molar-refractivity contribution in [3.63, 3.8) is 0 Å².